The molecule has 1 fully saturated rings. The van der Waals surface area contributed by atoms with Gasteiger partial charge in [0.25, 0.3) is 0 Å². The molecule has 162 valence electrons. The molecule has 0 bridgehead atoms. The Morgan fingerprint density at radius 3 is 2.29 bits per heavy atom. The minimum absolute atomic E-state index is 0.0807. The number of sulfone groups is 1. The van der Waals surface area contributed by atoms with Gasteiger partial charge in [-0.1, -0.05) is 11.6 Å². The molecule has 0 spiro atoms. The summed E-state index contributed by atoms with van der Waals surface area (Å²) in [6.07, 6.45) is 0.949. The topological polar surface area (TPSA) is 106 Å². The second-order valence-corrected chi connectivity index (χ2v) is 9.56. The number of primary amides is 1. The number of benzene rings is 2. The van der Waals surface area contributed by atoms with Crippen LogP contribution >= 0.6 is 11.6 Å². The first-order chi connectivity index (χ1) is 14.8. The van der Waals surface area contributed by atoms with E-state index >= 15 is 0 Å². The lowest BCUT2D eigenvalue weighted by molar-refractivity contribution is -0.122. The summed E-state index contributed by atoms with van der Waals surface area (Å²) in [7, 11) is -4.09. The van der Waals surface area contributed by atoms with Crippen molar-refractivity contribution >= 4 is 33.2 Å². The maximum Gasteiger partial charge on any atom is 0.236 e. The van der Waals surface area contributed by atoms with Crippen molar-refractivity contribution in [2.75, 3.05) is 18.0 Å². The first-order valence-corrected chi connectivity index (χ1v) is 11.4. The average molecular weight is 464 g/mol. The zero-order chi connectivity index (χ0) is 22.2. The van der Waals surface area contributed by atoms with Gasteiger partial charge in [0.05, 0.1) is 4.90 Å². The third-order valence-electron chi connectivity index (χ3n) is 5.23. The lowest BCUT2D eigenvalue weighted by atomic mass is 9.96. The summed E-state index contributed by atoms with van der Waals surface area (Å²) in [5.41, 5.74) is 5.95. The highest BCUT2D eigenvalue weighted by atomic mass is 35.5. The number of hydrogen-bond acceptors (Lipinski definition) is 6. The van der Waals surface area contributed by atoms with E-state index in [0.29, 0.717) is 36.5 Å². The van der Waals surface area contributed by atoms with Gasteiger partial charge < -0.3 is 15.1 Å². The number of piperidine rings is 1. The van der Waals surface area contributed by atoms with Crippen LogP contribution in [0.4, 0.5) is 10.3 Å². The minimum atomic E-state index is -4.09. The zero-order valence-electron chi connectivity index (χ0n) is 16.3. The van der Waals surface area contributed by atoms with Crippen molar-refractivity contribution < 1.29 is 22.0 Å². The van der Waals surface area contributed by atoms with Gasteiger partial charge in [0.1, 0.15) is 5.82 Å². The molecule has 0 saturated carbocycles. The zero-order valence-corrected chi connectivity index (χ0v) is 17.9. The quantitative estimate of drug-likeness (QED) is 0.578. The van der Waals surface area contributed by atoms with Crippen molar-refractivity contribution in [3.05, 3.63) is 59.4 Å². The Hall–Kier alpha value is -2.91. The molecule has 1 amide bonds. The van der Waals surface area contributed by atoms with Gasteiger partial charge in [-0.2, -0.15) is 4.98 Å². The number of anilines is 1. The summed E-state index contributed by atoms with van der Waals surface area (Å²) >= 11 is 5.94. The fraction of sp³-hybridized carbons (Fsp3) is 0.238. The smallest absolute Gasteiger partial charge is 0.236 e. The Morgan fingerprint density at radius 2 is 1.71 bits per heavy atom. The molecule has 0 aliphatic carbocycles. The number of nitrogens with zero attached hydrogens (tertiary/aromatic N) is 2. The van der Waals surface area contributed by atoms with Crippen molar-refractivity contribution in [1.82, 2.24) is 4.98 Å². The lowest BCUT2D eigenvalue weighted by Crippen LogP contribution is -2.38. The number of oxazole rings is 1. The van der Waals surface area contributed by atoms with Gasteiger partial charge in [-0.15, -0.1) is 0 Å². The predicted molar refractivity (Wildman–Crippen MR) is 113 cm³/mol. The van der Waals surface area contributed by atoms with Crippen LogP contribution in [0.5, 0.6) is 0 Å². The van der Waals surface area contributed by atoms with Crippen LogP contribution in [-0.4, -0.2) is 32.4 Å². The van der Waals surface area contributed by atoms with E-state index in [2.05, 4.69) is 4.98 Å². The van der Waals surface area contributed by atoms with Crippen molar-refractivity contribution in [3.63, 3.8) is 0 Å². The molecule has 0 unspecified atom stereocenters. The molecule has 2 heterocycles. The van der Waals surface area contributed by atoms with Crippen LogP contribution in [0.2, 0.25) is 5.02 Å². The van der Waals surface area contributed by atoms with E-state index in [1.54, 1.807) is 29.2 Å². The van der Waals surface area contributed by atoms with Crippen molar-refractivity contribution in [2.45, 2.75) is 22.8 Å². The first kappa shape index (κ1) is 21.3. The Bertz CT molecular complexity index is 1200. The third-order valence-corrected chi connectivity index (χ3v) is 7.15. The number of rotatable bonds is 5. The molecular weight excluding hydrogens is 445 g/mol. The molecule has 10 heteroatoms. The van der Waals surface area contributed by atoms with Crippen LogP contribution in [0.3, 0.4) is 0 Å². The van der Waals surface area contributed by atoms with E-state index in [-0.39, 0.29) is 33.5 Å². The van der Waals surface area contributed by atoms with Crippen molar-refractivity contribution in [1.29, 1.82) is 0 Å². The van der Waals surface area contributed by atoms with Gasteiger partial charge in [0, 0.05) is 29.6 Å². The highest BCUT2D eigenvalue weighted by molar-refractivity contribution is 7.91. The maximum atomic E-state index is 13.3. The minimum Gasteiger partial charge on any atom is -0.419 e. The second kappa shape index (κ2) is 8.32. The molecule has 7 nitrogen and oxygen atoms in total. The van der Waals surface area contributed by atoms with Crippen LogP contribution in [0.15, 0.2) is 62.9 Å². The van der Waals surface area contributed by atoms with E-state index in [1.807, 2.05) is 0 Å². The summed E-state index contributed by atoms with van der Waals surface area (Å²) in [5.74, 6) is -0.999. The number of amides is 1. The molecule has 2 N–H and O–H groups in total. The Kier molecular flexibility index (Phi) is 5.72. The van der Waals surface area contributed by atoms with Gasteiger partial charge in [0.2, 0.25) is 32.5 Å². The summed E-state index contributed by atoms with van der Waals surface area (Å²) in [5, 5.41) is 0.254. The normalized spacial score (nSPS) is 15.2. The van der Waals surface area contributed by atoms with Gasteiger partial charge in [-0.3, -0.25) is 4.79 Å². The van der Waals surface area contributed by atoms with Gasteiger partial charge in [-0.25, -0.2) is 12.8 Å². The number of carbonyl (C=O) groups excluding carboxylic acids is 1. The Morgan fingerprint density at radius 1 is 1.10 bits per heavy atom. The summed E-state index contributed by atoms with van der Waals surface area (Å²) in [6, 6.07) is 11.2. The van der Waals surface area contributed by atoms with E-state index < -0.39 is 15.7 Å². The van der Waals surface area contributed by atoms with E-state index in [4.69, 9.17) is 21.8 Å². The van der Waals surface area contributed by atoms with E-state index in [9.17, 15) is 17.6 Å². The Labute approximate surface area is 183 Å². The molecule has 0 radical (unpaired) electrons. The van der Waals surface area contributed by atoms with Gasteiger partial charge in [-0.05, 0) is 61.4 Å². The molecule has 2 aromatic carbocycles. The molecule has 1 aliphatic rings. The largest absolute Gasteiger partial charge is 0.419 e. The third kappa shape index (κ3) is 4.28. The molecule has 0 atom stereocenters. The second-order valence-electron chi connectivity index (χ2n) is 7.26. The molecule has 4 rings (SSSR count). The van der Waals surface area contributed by atoms with E-state index in [0.717, 1.165) is 12.1 Å². The number of halogens is 2. The molecule has 1 aliphatic heterocycles. The van der Waals surface area contributed by atoms with Crippen molar-refractivity contribution in [2.24, 2.45) is 11.7 Å². The summed E-state index contributed by atoms with van der Waals surface area (Å²) in [4.78, 5) is 17.4. The van der Waals surface area contributed by atoms with E-state index in [1.165, 1.54) is 12.1 Å². The molecule has 1 aromatic heterocycles. The average Bonchev–Trinajstić information content (AvgIpc) is 3.21. The monoisotopic (exact) mass is 463 g/mol. The maximum absolute atomic E-state index is 13.3. The number of nitrogens with two attached hydrogens (primary N) is 1. The van der Waals surface area contributed by atoms with Crippen LogP contribution in [0.1, 0.15) is 12.8 Å². The van der Waals surface area contributed by atoms with Crippen LogP contribution in [-0.2, 0) is 14.6 Å². The van der Waals surface area contributed by atoms with Crippen molar-refractivity contribution in [3.8, 4) is 11.5 Å². The first-order valence-electron chi connectivity index (χ1n) is 9.57. The lowest BCUT2D eigenvalue weighted by Gasteiger charge is -2.30. The predicted octanol–water partition coefficient (Wildman–Crippen LogP) is 3.67. The van der Waals surface area contributed by atoms with Gasteiger partial charge >= 0.3 is 0 Å². The van der Waals surface area contributed by atoms with Crippen LogP contribution in [0, 0.1) is 11.7 Å². The number of carbonyl (C=O) groups is 1. The Balaban J connectivity index is 1.78. The molecule has 31 heavy (non-hydrogen) atoms. The number of hydrogen-bond donors (Lipinski definition) is 1. The van der Waals surface area contributed by atoms with Crippen LogP contribution < -0.4 is 10.6 Å². The fourth-order valence-corrected chi connectivity index (χ4v) is 4.93. The standard InChI is InChI=1S/C21H19ClFN3O4S/c22-15-3-1-14(2-4-15)19-25-20(31(28,29)17-7-5-16(23)6-8-17)21(30-19)26-11-9-13(10-12-26)18(24)27/h1-8,13H,9-12H2,(H2,24,27). The molecule has 3 aromatic rings. The summed E-state index contributed by atoms with van der Waals surface area (Å²) in [6.45, 7) is 0.767. The molecular formula is C21H19ClFN3O4S. The highest BCUT2D eigenvalue weighted by Crippen LogP contribution is 2.36. The number of aromatic nitrogens is 1. The molecule has 1 saturated heterocycles. The summed E-state index contributed by atoms with van der Waals surface area (Å²) < 4.78 is 45.9. The van der Waals surface area contributed by atoms with Crippen LogP contribution in [0.25, 0.3) is 11.5 Å². The SMILES string of the molecule is NC(=O)C1CCN(c2oc(-c3ccc(Cl)cc3)nc2S(=O)(=O)c2ccc(F)cc2)CC1. The highest BCUT2D eigenvalue weighted by Gasteiger charge is 2.34. The fourth-order valence-electron chi connectivity index (χ4n) is 3.48. The van der Waals surface area contributed by atoms with Gasteiger partial charge in [0.15, 0.2) is 0 Å².